The zero-order valence-corrected chi connectivity index (χ0v) is 22.6. The molecule has 2 aliphatic heterocycles. The molecule has 0 radical (unpaired) electrons. The third kappa shape index (κ3) is 6.82. The summed E-state index contributed by atoms with van der Waals surface area (Å²) in [6, 6.07) is 14.7. The molecular weight excluding hydrogens is 530 g/mol. The van der Waals surface area contributed by atoms with Crippen LogP contribution in [0.4, 0.5) is 5.82 Å². The van der Waals surface area contributed by atoms with Crippen molar-refractivity contribution in [3.8, 4) is 0 Å². The smallest absolute Gasteiger partial charge is 0.167 e. The summed E-state index contributed by atoms with van der Waals surface area (Å²) in [6.07, 6.45) is 4.73. The van der Waals surface area contributed by atoms with E-state index in [1.807, 2.05) is 37.3 Å². The van der Waals surface area contributed by atoms with E-state index in [4.69, 9.17) is 32.5 Å². The molecule has 0 aliphatic carbocycles. The van der Waals surface area contributed by atoms with Crippen LogP contribution in [0.15, 0.2) is 53.2 Å². The van der Waals surface area contributed by atoms with E-state index >= 15 is 0 Å². The molecule has 2 fully saturated rings. The topological polar surface area (TPSA) is 54.6 Å². The van der Waals surface area contributed by atoms with Crippen molar-refractivity contribution < 1.29 is 9.26 Å². The minimum Gasteiger partial charge on any atom is -0.367 e. The van der Waals surface area contributed by atoms with Gasteiger partial charge in [0.1, 0.15) is 11.9 Å². The van der Waals surface area contributed by atoms with E-state index in [1.165, 1.54) is 5.56 Å². The van der Waals surface area contributed by atoms with E-state index in [2.05, 4.69) is 32.1 Å². The van der Waals surface area contributed by atoms with E-state index in [9.17, 15) is 0 Å². The van der Waals surface area contributed by atoms with Gasteiger partial charge in [0.05, 0.1) is 12.3 Å². The Bertz CT molecular complexity index is 1070. The number of benzene rings is 1. The highest BCUT2D eigenvalue weighted by molar-refractivity contribution is 6.31. The lowest BCUT2D eigenvalue weighted by Crippen LogP contribution is -2.55. The standard InChI is InChI=1S/C25H28Cl2N4O2.2ClH/c1-17-12-23(33-29-17)24-15-31(22(16-32-24)13-18-2-4-19(26)5-3-18)21-7-10-30(11-8-21)25-14-20(27)6-9-28-25;;/h2-6,9,12,14,21-22,24H,7-8,10-11,13,15-16H2,1H3;2*1H/t22-,24+;;/m0../s1. The fraction of sp³-hybridized carbons (Fsp3) is 0.440. The Hall–Kier alpha value is -1.54. The van der Waals surface area contributed by atoms with Gasteiger partial charge in [0.25, 0.3) is 0 Å². The Balaban J connectivity index is 0.00000171. The molecule has 0 amide bonds. The molecule has 2 aromatic heterocycles. The minimum absolute atomic E-state index is 0. The van der Waals surface area contributed by atoms with Crippen molar-refractivity contribution in [2.75, 3.05) is 31.1 Å². The summed E-state index contributed by atoms with van der Waals surface area (Å²) >= 11 is 12.3. The molecule has 35 heavy (non-hydrogen) atoms. The summed E-state index contributed by atoms with van der Waals surface area (Å²) in [6.45, 7) is 5.30. The normalized spacial score (nSPS) is 21.3. The summed E-state index contributed by atoms with van der Waals surface area (Å²) < 4.78 is 11.8. The van der Waals surface area contributed by atoms with Crippen molar-refractivity contribution in [3.05, 3.63) is 75.7 Å². The number of aryl methyl sites for hydroxylation is 1. The second-order valence-electron chi connectivity index (χ2n) is 8.92. The fourth-order valence-electron chi connectivity index (χ4n) is 4.93. The lowest BCUT2D eigenvalue weighted by molar-refractivity contribution is -0.0923. The number of rotatable bonds is 5. The highest BCUT2D eigenvalue weighted by Gasteiger charge is 2.37. The average molecular weight is 560 g/mol. The highest BCUT2D eigenvalue weighted by atomic mass is 35.5. The Kier molecular flexibility index (Phi) is 10.1. The molecule has 0 unspecified atom stereocenters. The number of piperidine rings is 1. The molecule has 2 atom stereocenters. The van der Waals surface area contributed by atoms with Crippen LogP contribution >= 0.6 is 48.0 Å². The molecule has 1 aromatic carbocycles. The van der Waals surface area contributed by atoms with Gasteiger partial charge in [-0.1, -0.05) is 40.5 Å². The van der Waals surface area contributed by atoms with Crippen molar-refractivity contribution in [1.29, 1.82) is 0 Å². The van der Waals surface area contributed by atoms with Crippen molar-refractivity contribution in [1.82, 2.24) is 15.0 Å². The number of nitrogens with zero attached hydrogens (tertiary/aromatic N) is 4. The summed E-state index contributed by atoms with van der Waals surface area (Å²) in [7, 11) is 0. The number of pyridine rings is 1. The van der Waals surface area contributed by atoms with Crippen LogP contribution in [0.1, 0.15) is 36.0 Å². The fourth-order valence-corrected chi connectivity index (χ4v) is 5.21. The molecule has 6 nitrogen and oxygen atoms in total. The summed E-state index contributed by atoms with van der Waals surface area (Å²) in [4.78, 5) is 9.47. The van der Waals surface area contributed by atoms with Crippen LogP contribution < -0.4 is 4.90 Å². The van der Waals surface area contributed by atoms with Gasteiger partial charge in [0, 0.05) is 54.0 Å². The van der Waals surface area contributed by atoms with Crippen LogP contribution in [0.25, 0.3) is 0 Å². The largest absolute Gasteiger partial charge is 0.367 e. The number of hydrogen-bond acceptors (Lipinski definition) is 6. The number of halogens is 4. The van der Waals surface area contributed by atoms with E-state index in [0.717, 1.165) is 66.2 Å². The first kappa shape index (κ1) is 28.0. The van der Waals surface area contributed by atoms with Crippen LogP contribution in [-0.2, 0) is 11.2 Å². The first-order valence-electron chi connectivity index (χ1n) is 11.5. The summed E-state index contributed by atoms with van der Waals surface area (Å²) in [5, 5.41) is 5.55. The number of anilines is 1. The maximum Gasteiger partial charge on any atom is 0.167 e. The van der Waals surface area contributed by atoms with Crippen LogP contribution in [-0.4, -0.2) is 53.4 Å². The number of hydrogen-bond donors (Lipinski definition) is 0. The summed E-state index contributed by atoms with van der Waals surface area (Å²) in [5.41, 5.74) is 2.15. The van der Waals surface area contributed by atoms with Gasteiger partial charge < -0.3 is 14.2 Å². The zero-order valence-electron chi connectivity index (χ0n) is 19.5. The predicted octanol–water partition coefficient (Wildman–Crippen LogP) is 6.18. The molecule has 0 saturated carbocycles. The minimum atomic E-state index is -0.0969. The molecule has 0 spiro atoms. The number of ether oxygens (including phenoxy) is 1. The third-order valence-electron chi connectivity index (χ3n) is 6.65. The lowest BCUT2D eigenvalue weighted by Gasteiger charge is -2.46. The molecule has 190 valence electrons. The van der Waals surface area contributed by atoms with Gasteiger partial charge in [0.2, 0.25) is 0 Å². The van der Waals surface area contributed by atoms with Gasteiger partial charge in [-0.25, -0.2) is 4.98 Å². The van der Waals surface area contributed by atoms with Gasteiger partial charge in [-0.2, -0.15) is 0 Å². The Morgan fingerprint density at radius 3 is 2.40 bits per heavy atom. The Morgan fingerprint density at radius 2 is 1.74 bits per heavy atom. The van der Waals surface area contributed by atoms with Crippen molar-refractivity contribution in [2.45, 2.75) is 44.4 Å². The van der Waals surface area contributed by atoms with Crippen LogP contribution in [0, 0.1) is 6.92 Å². The van der Waals surface area contributed by atoms with E-state index in [-0.39, 0.29) is 30.9 Å². The molecule has 3 aromatic rings. The maximum atomic E-state index is 6.27. The Labute approximate surface area is 228 Å². The second-order valence-corrected chi connectivity index (χ2v) is 9.80. The molecule has 10 heteroatoms. The van der Waals surface area contributed by atoms with Crippen molar-refractivity contribution in [2.24, 2.45) is 0 Å². The van der Waals surface area contributed by atoms with Crippen molar-refractivity contribution >= 4 is 53.8 Å². The summed E-state index contributed by atoms with van der Waals surface area (Å²) in [5.74, 6) is 1.76. The second kappa shape index (κ2) is 12.6. The highest BCUT2D eigenvalue weighted by Crippen LogP contribution is 2.32. The van der Waals surface area contributed by atoms with Gasteiger partial charge in [-0.3, -0.25) is 4.90 Å². The molecule has 4 heterocycles. The average Bonchev–Trinajstić information content (AvgIpc) is 3.27. The van der Waals surface area contributed by atoms with Gasteiger partial charge in [0.15, 0.2) is 5.76 Å². The first-order valence-corrected chi connectivity index (χ1v) is 12.2. The van der Waals surface area contributed by atoms with Gasteiger partial charge >= 0.3 is 0 Å². The number of morpholine rings is 1. The maximum absolute atomic E-state index is 6.27. The zero-order chi connectivity index (χ0) is 22.8. The lowest BCUT2D eigenvalue weighted by atomic mass is 9.96. The molecular formula is C25H30Cl4N4O2. The first-order chi connectivity index (χ1) is 16.0. The van der Waals surface area contributed by atoms with Crippen LogP contribution in [0.2, 0.25) is 10.0 Å². The van der Waals surface area contributed by atoms with E-state index in [0.29, 0.717) is 18.7 Å². The molecule has 5 rings (SSSR count). The monoisotopic (exact) mass is 558 g/mol. The molecule has 2 saturated heterocycles. The predicted molar refractivity (Wildman–Crippen MR) is 145 cm³/mol. The molecule has 0 N–H and O–H groups in total. The van der Waals surface area contributed by atoms with Crippen molar-refractivity contribution in [3.63, 3.8) is 0 Å². The molecule has 0 bridgehead atoms. The van der Waals surface area contributed by atoms with Crippen LogP contribution in [0.5, 0.6) is 0 Å². The Morgan fingerprint density at radius 1 is 1.00 bits per heavy atom. The SMILES string of the molecule is Cc1cc([C@H]2CN(C3CCN(c4cc(Cl)ccn4)CC3)[C@@H](Cc3ccc(Cl)cc3)CO2)on1.Cl.Cl. The quantitative estimate of drug-likeness (QED) is 0.372. The van der Waals surface area contributed by atoms with Gasteiger partial charge in [-0.15, -0.1) is 24.8 Å². The van der Waals surface area contributed by atoms with Crippen LogP contribution in [0.3, 0.4) is 0 Å². The van der Waals surface area contributed by atoms with E-state index < -0.39 is 0 Å². The number of aromatic nitrogens is 2. The van der Waals surface area contributed by atoms with E-state index in [1.54, 1.807) is 6.20 Å². The van der Waals surface area contributed by atoms with Gasteiger partial charge in [-0.05, 0) is 56.0 Å². The third-order valence-corrected chi connectivity index (χ3v) is 7.14. The molecule has 2 aliphatic rings.